The van der Waals surface area contributed by atoms with E-state index >= 15 is 0 Å². The first kappa shape index (κ1) is 6.67. The van der Waals surface area contributed by atoms with Crippen LogP contribution in [0.25, 0.3) is 0 Å². The summed E-state index contributed by atoms with van der Waals surface area (Å²) in [5.74, 6) is 0. The number of allylic oxidation sites excluding steroid dienone is 2. The Hall–Kier alpha value is -0.330. The lowest BCUT2D eigenvalue weighted by Crippen LogP contribution is -1.74. The summed E-state index contributed by atoms with van der Waals surface area (Å²) in [6.07, 6.45) is 2.83. The molecule has 0 unspecified atom stereocenters. The van der Waals surface area contributed by atoms with E-state index in [0.717, 1.165) is 12.0 Å². The van der Waals surface area contributed by atoms with Crippen LogP contribution in [0.2, 0.25) is 0 Å². The van der Waals surface area contributed by atoms with Gasteiger partial charge in [0.15, 0.2) is 0 Å². The van der Waals surface area contributed by atoms with Crippen molar-refractivity contribution in [2.75, 3.05) is 6.67 Å². The van der Waals surface area contributed by atoms with Gasteiger partial charge in [-0.1, -0.05) is 13.0 Å². The first-order chi connectivity index (χ1) is 3.31. The van der Waals surface area contributed by atoms with E-state index in [2.05, 4.69) is 0 Å². The van der Waals surface area contributed by atoms with Crippen molar-refractivity contribution in [2.24, 2.45) is 0 Å². The Morgan fingerprint density at radius 1 is 1.71 bits per heavy atom. The molecule has 0 heterocycles. The van der Waals surface area contributed by atoms with Crippen LogP contribution in [0.5, 0.6) is 0 Å². The molecule has 0 amide bonds. The van der Waals surface area contributed by atoms with E-state index in [0.29, 0.717) is 0 Å². The summed E-state index contributed by atoms with van der Waals surface area (Å²) in [4.78, 5) is 0. The molecule has 1 heteroatoms. The van der Waals surface area contributed by atoms with Crippen LogP contribution in [0.3, 0.4) is 0 Å². The van der Waals surface area contributed by atoms with E-state index in [1.807, 2.05) is 13.0 Å². The number of halogens is 1. The Morgan fingerprint density at radius 2 is 2.29 bits per heavy atom. The van der Waals surface area contributed by atoms with Crippen LogP contribution in [0, 0.1) is 0 Å². The van der Waals surface area contributed by atoms with Gasteiger partial charge in [-0.05, 0) is 18.9 Å². The van der Waals surface area contributed by atoms with Gasteiger partial charge >= 0.3 is 0 Å². The first-order valence-electron chi connectivity index (χ1n) is 2.52. The molecule has 7 heavy (non-hydrogen) atoms. The standard InChI is InChI=1S/C6H11F/c1-3-4-6(2)5-7/h4H,3,5H2,1-2H3/b6-4+. The summed E-state index contributed by atoms with van der Waals surface area (Å²) < 4.78 is 11.5. The third kappa shape index (κ3) is 3.50. The molecule has 0 atom stereocenters. The number of hydrogen-bond donors (Lipinski definition) is 0. The second-order valence-electron chi connectivity index (χ2n) is 1.59. The lowest BCUT2D eigenvalue weighted by Gasteiger charge is -1.85. The lowest BCUT2D eigenvalue weighted by molar-refractivity contribution is 0.542. The molecule has 0 rings (SSSR count). The fraction of sp³-hybridized carbons (Fsp3) is 0.667. The van der Waals surface area contributed by atoms with Crippen molar-refractivity contribution in [3.8, 4) is 0 Å². The fourth-order valence-corrected chi connectivity index (χ4v) is 0.403. The molecule has 0 nitrogen and oxygen atoms in total. The number of rotatable bonds is 2. The third-order valence-corrected chi connectivity index (χ3v) is 0.763. The zero-order chi connectivity index (χ0) is 5.70. The average molecular weight is 102 g/mol. The van der Waals surface area contributed by atoms with Gasteiger partial charge in [-0.25, -0.2) is 4.39 Å². The maximum absolute atomic E-state index is 11.5. The van der Waals surface area contributed by atoms with Crippen molar-refractivity contribution in [3.05, 3.63) is 11.6 Å². The van der Waals surface area contributed by atoms with Gasteiger partial charge in [-0.3, -0.25) is 0 Å². The number of alkyl halides is 1. The van der Waals surface area contributed by atoms with Crippen LogP contribution in [0.15, 0.2) is 11.6 Å². The van der Waals surface area contributed by atoms with E-state index in [9.17, 15) is 4.39 Å². The van der Waals surface area contributed by atoms with Crippen LogP contribution in [-0.2, 0) is 0 Å². The van der Waals surface area contributed by atoms with Crippen molar-refractivity contribution in [3.63, 3.8) is 0 Å². The van der Waals surface area contributed by atoms with Gasteiger partial charge in [-0.2, -0.15) is 0 Å². The van der Waals surface area contributed by atoms with Gasteiger partial charge in [-0.15, -0.1) is 0 Å². The van der Waals surface area contributed by atoms with E-state index < -0.39 is 0 Å². The quantitative estimate of drug-likeness (QED) is 0.469. The minimum absolute atomic E-state index is 0.298. The van der Waals surface area contributed by atoms with E-state index in [1.54, 1.807) is 6.92 Å². The molecule has 0 fully saturated rings. The maximum atomic E-state index is 11.5. The van der Waals surface area contributed by atoms with Crippen molar-refractivity contribution >= 4 is 0 Å². The molecule has 0 saturated heterocycles. The molecule has 0 aromatic carbocycles. The normalized spacial score (nSPS) is 12.1. The highest BCUT2D eigenvalue weighted by Gasteiger charge is 1.80. The monoisotopic (exact) mass is 102 g/mol. The molecule has 0 aromatic heterocycles. The molecule has 0 saturated carbocycles. The molecule has 0 aliphatic carbocycles. The summed E-state index contributed by atoms with van der Waals surface area (Å²) in [6.45, 7) is 3.50. The van der Waals surface area contributed by atoms with Gasteiger partial charge in [0.05, 0.1) is 0 Å². The van der Waals surface area contributed by atoms with Crippen LogP contribution in [-0.4, -0.2) is 6.67 Å². The highest BCUT2D eigenvalue weighted by atomic mass is 19.1. The van der Waals surface area contributed by atoms with Crippen molar-refractivity contribution in [2.45, 2.75) is 20.3 Å². The second-order valence-corrected chi connectivity index (χ2v) is 1.59. The molecule has 0 spiro atoms. The SMILES string of the molecule is CC/C=C(\C)CF. The highest BCUT2D eigenvalue weighted by Crippen LogP contribution is 1.93. The molecule has 0 aliphatic rings. The second kappa shape index (κ2) is 3.85. The smallest absolute Gasteiger partial charge is 0.110 e. The zero-order valence-electron chi connectivity index (χ0n) is 4.87. The predicted octanol–water partition coefficient (Wildman–Crippen LogP) is 2.31. The first-order valence-corrected chi connectivity index (χ1v) is 2.52. The lowest BCUT2D eigenvalue weighted by atomic mass is 10.3. The molecule has 42 valence electrons. The Labute approximate surface area is 44.0 Å². The number of hydrogen-bond acceptors (Lipinski definition) is 0. The molecule has 0 N–H and O–H groups in total. The summed E-state index contributed by atoms with van der Waals surface area (Å²) in [7, 11) is 0. The minimum atomic E-state index is -0.298. The Balaban J connectivity index is 3.29. The van der Waals surface area contributed by atoms with Crippen LogP contribution in [0.4, 0.5) is 4.39 Å². The fourth-order valence-electron chi connectivity index (χ4n) is 0.403. The molecule has 0 aromatic rings. The van der Waals surface area contributed by atoms with Crippen molar-refractivity contribution in [1.29, 1.82) is 0 Å². The molecular formula is C6H11F. The average Bonchev–Trinajstić information content (AvgIpc) is 1.68. The third-order valence-electron chi connectivity index (χ3n) is 0.763. The van der Waals surface area contributed by atoms with Crippen LogP contribution in [0.1, 0.15) is 20.3 Å². The van der Waals surface area contributed by atoms with Crippen LogP contribution >= 0.6 is 0 Å². The molecule has 0 radical (unpaired) electrons. The van der Waals surface area contributed by atoms with E-state index in [4.69, 9.17) is 0 Å². The Kier molecular flexibility index (Phi) is 3.67. The van der Waals surface area contributed by atoms with Gasteiger partial charge in [0.1, 0.15) is 6.67 Å². The van der Waals surface area contributed by atoms with Crippen LogP contribution < -0.4 is 0 Å². The van der Waals surface area contributed by atoms with Gasteiger partial charge in [0.25, 0.3) is 0 Å². The summed E-state index contributed by atoms with van der Waals surface area (Å²) in [5, 5.41) is 0. The zero-order valence-corrected chi connectivity index (χ0v) is 4.87. The molecular weight excluding hydrogens is 91.1 g/mol. The molecule has 0 bridgehead atoms. The molecule has 0 aliphatic heterocycles. The topological polar surface area (TPSA) is 0 Å². The summed E-state index contributed by atoms with van der Waals surface area (Å²) >= 11 is 0. The summed E-state index contributed by atoms with van der Waals surface area (Å²) in [6, 6.07) is 0. The van der Waals surface area contributed by atoms with Gasteiger partial charge in [0, 0.05) is 0 Å². The summed E-state index contributed by atoms with van der Waals surface area (Å²) in [5.41, 5.74) is 0.836. The van der Waals surface area contributed by atoms with E-state index in [-0.39, 0.29) is 6.67 Å². The van der Waals surface area contributed by atoms with Crippen molar-refractivity contribution < 1.29 is 4.39 Å². The van der Waals surface area contributed by atoms with Gasteiger partial charge in [0.2, 0.25) is 0 Å². The Bertz CT molecular complexity index is 64.6. The Morgan fingerprint density at radius 3 is 2.43 bits per heavy atom. The highest BCUT2D eigenvalue weighted by molar-refractivity contribution is 4.96. The maximum Gasteiger partial charge on any atom is 0.110 e. The van der Waals surface area contributed by atoms with E-state index in [1.165, 1.54) is 0 Å². The minimum Gasteiger partial charge on any atom is -0.246 e. The van der Waals surface area contributed by atoms with Crippen molar-refractivity contribution in [1.82, 2.24) is 0 Å². The predicted molar refractivity (Wildman–Crippen MR) is 30.0 cm³/mol. The van der Waals surface area contributed by atoms with Gasteiger partial charge < -0.3 is 0 Å². The largest absolute Gasteiger partial charge is 0.246 e.